The van der Waals surface area contributed by atoms with Gasteiger partial charge in [-0.3, -0.25) is 4.79 Å². The predicted molar refractivity (Wildman–Crippen MR) is 86.5 cm³/mol. The van der Waals surface area contributed by atoms with E-state index in [4.69, 9.17) is 0 Å². The molecule has 0 aliphatic carbocycles. The Morgan fingerprint density at radius 3 is 2.71 bits per heavy atom. The molecule has 0 spiro atoms. The molecule has 5 heteroatoms. The fourth-order valence-corrected chi connectivity index (χ4v) is 2.81. The van der Waals surface area contributed by atoms with Gasteiger partial charge in [-0.05, 0) is 24.8 Å². The molecule has 112 valence electrons. The zero-order valence-electron chi connectivity index (χ0n) is 12.3. The van der Waals surface area contributed by atoms with Gasteiger partial charge in [-0.15, -0.1) is 10.2 Å². The van der Waals surface area contributed by atoms with Crippen LogP contribution in [0.15, 0.2) is 30.3 Å². The van der Waals surface area contributed by atoms with E-state index < -0.39 is 0 Å². The third-order valence-corrected chi connectivity index (χ3v) is 4.07. The van der Waals surface area contributed by atoms with Gasteiger partial charge >= 0.3 is 0 Å². The number of unbranched alkanes of at least 4 members (excludes halogenated alkanes) is 1. The van der Waals surface area contributed by atoms with E-state index in [-0.39, 0.29) is 5.91 Å². The molecular weight excluding hydrogens is 282 g/mol. The van der Waals surface area contributed by atoms with Gasteiger partial charge in [0.15, 0.2) is 0 Å². The summed E-state index contributed by atoms with van der Waals surface area (Å²) in [7, 11) is 0. The highest BCUT2D eigenvalue weighted by molar-refractivity contribution is 7.15. The summed E-state index contributed by atoms with van der Waals surface area (Å²) in [5.74, 6) is 0.0177. The summed E-state index contributed by atoms with van der Waals surface area (Å²) in [5.41, 5.74) is 1.27. The van der Waals surface area contributed by atoms with Crippen molar-refractivity contribution >= 4 is 22.4 Å². The van der Waals surface area contributed by atoms with Crippen LogP contribution in [0.3, 0.4) is 0 Å². The van der Waals surface area contributed by atoms with Crippen molar-refractivity contribution < 1.29 is 4.79 Å². The molecule has 0 saturated carbocycles. The highest BCUT2D eigenvalue weighted by Gasteiger charge is 2.07. The summed E-state index contributed by atoms with van der Waals surface area (Å²) in [6.45, 7) is 2.15. The number of anilines is 1. The molecule has 1 aromatic carbocycles. The van der Waals surface area contributed by atoms with Gasteiger partial charge in [0.25, 0.3) is 0 Å². The lowest BCUT2D eigenvalue weighted by molar-refractivity contribution is -0.116. The summed E-state index contributed by atoms with van der Waals surface area (Å²) < 4.78 is 0. The van der Waals surface area contributed by atoms with Crippen LogP contribution in [0, 0.1) is 0 Å². The lowest BCUT2D eigenvalue weighted by Gasteiger charge is -2.01. The Labute approximate surface area is 129 Å². The first kappa shape index (κ1) is 15.6. The highest BCUT2D eigenvalue weighted by Crippen LogP contribution is 2.17. The molecule has 0 unspecified atom stereocenters. The van der Waals surface area contributed by atoms with Crippen LogP contribution in [0.1, 0.15) is 43.2 Å². The van der Waals surface area contributed by atoms with E-state index in [1.165, 1.54) is 16.9 Å². The molecule has 2 rings (SSSR count). The van der Waals surface area contributed by atoms with Crippen molar-refractivity contribution in [1.82, 2.24) is 10.2 Å². The number of hydrogen-bond donors (Lipinski definition) is 1. The van der Waals surface area contributed by atoms with Crippen LogP contribution in [0.25, 0.3) is 0 Å². The number of nitrogens with one attached hydrogen (secondary N) is 1. The van der Waals surface area contributed by atoms with Crippen LogP contribution >= 0.6 is 11.3 Å². The summed E-state index contributed by atoms with van der Waals surface area (Å²) in [4.78, 5) is 11.9. The first-order valence-corrected chi connectivity index (χ1v) is 8.25. The van der Waals surface area contributed by atoms with Gasteiger partial charge < -0.3 is 5.32 Å². The SMILES string of the molecule is CCCCc1nnc(NC(=O)CCCc2ccccc2)s1. The van der Waals surface area contributed by atoms with Crippen LogP contribution in [0.4, 0.5) is 5.13 Å². The van der Waals surface area contributed by atoms with Crippen LogP contribution in [0.5, 0.6) is 0 Å². The summed E-state index contributed by atoms with van der Waals surface area (Å²) in [6.07, 6.45) is 5.47. The Bertz CT molecular complexity index is 554. The summed E-state index contributed by atoms with van der Waals surface area (Å²) in [5, 5.41) is 12.5. The minimum Gasteiger partial charge on any atom is -0.301 e. The van der Waals surface area contributed by atoms with Gasteiger partial charge in [-0.1, -0.05) is 55.0 Å². The van der Waals surface area contributed by atoms with Gasteiger partial charge in [0.2, 0.25) is 11.0 Å². The van der Waals surface area contributed by atoms with Gasteiger partial charge in [0.1, 0.15) is 5.01 Å². The van der Waals surface area contributed by atoms with Crippen LogP contribution in [-0.4, -0.2) is 16.1 Å². The molecule has 0 fully saturated rings. The number of aromatic nitrogens is 2. The molecule has 1 aromatic heterocycles. The van der Waals surface area contributed by atoms with Gasteiger partial charge in [0, 0.05) is 12.8 Å². The fourth-order valence-electron chi connectivity index (χ4n) is 2.01. The van der Waals surface area contributed by atoms with Crippen molar-refractivity contribution in [3.8, 4) is 0 Å². The quantitative estimate of drug-likeness (QED) is 0.806. The molecule has 21 heavy (non-hydrogen) atoms. The zero-order valence-corrected chi connectivity index (χ0v) is 13.2. The van der Waals surface area contributed by atoms with Crippen molar-refractivity contribution in [2.45, 2.75) is 45.4 Å². The maximum Gasteiger partial charge on any atom is 0.226 e. The zero-order chi connectivity index (χ0) is 14.9. The third kappa shape index (κ3) is 5.63. The van der Waals surface area contributed by atoms with Gasteiger partial charge in [-0.2, -0.15) is 0 Å². The van der Waals surface area contributed by atoms with Crippen LogP contribution in [0.2, 0.25) is 0 Å². The molecule has 1 N–H and O–H groups in total. The van der Waals surface area contributed by atoms with Crippen molar-refractivity contribution in [2.75, 3.05) is 5.32 Å². The molecule has 0 saturated heterocycles. The number of amides is 1. The smallest absolute Gasteiger partial charge is 0.226 e. The topological polar surface area (TPSA) is 54.9 Å². The normalized spacial score (nSPS) is 10.5. The Kier molecular flexibility index (Phi) is 6.34. The molecule has 4 nitrogen and oxygen atoms in total. The first-order chi connectivity index (χ1) is 10.3. The van der Waals surface area contributed by atoms with Crippen molar-refractivity contribution in [2.24, 2.45) is 0 Å². The lowest BCUT2D eigenvalue weighted by Crippen LogP contribution is -2.11. The molecular formula is C16H21N3OS. The molecule has 0 bridgehead atoms. The Morgan fingerprint density at radius 2 is 1.95 bits per heavy atom. The number of nitrogens with zero attached hydrogens (tertiary/aromatic N) is 2. The second-order valence-electron chi connectivity index (χ2n) is 4.99. The van der Waals surface area contributed by atoms with Crippen molar-refractivity contribution in [1.29, 1.82) is 0 Å². The molecule has 0 radical (unpaired) electrons. The van der Waals surface area contributed by atoms with Gasteiger partial charge in [-0.25, -0.2) is 0 Å². The minimum atomic E-state index is 0.0177. The van der Waals surface area contributed by atoms with E-state index in [2.05, 4.69) is 34.6 Å². The van der Waals surface area contributed by atoms with Crippen molar-refractivity contribution in [3.05, 3.63) is 40.9 Å². The van der Waals surface area contributed by atoms with Crippen molar-refractivity contribution in [3.63, 3.8) is 0 Å². The minimum absolute atomic E-state index is 0.0177. The second kappa shape index (κ2) is 8.52. The monoisotopic (exact) mass is 303 g/mol. The van der Waals surface area contributed by atoms with E-state index in [0.717, 1.165) is 37.1 Å². The van der Waals surface area contributed by atoms with Crippen LogP contribution in [-0.2, 0) is 17.6 Å². The molecule has 1 amide bonds. The number of benzene rings is 1. The molecule has 0 aliphatic rings. The van der Waals surface area contributed by atoms with Gasteiger partial charge in [0.05, 0.1) is 0 Å². The highest BCUT2D eigenvalue weighted by atomic mass is 32.1. The molecule has 0 aliphatic heterocycles. The summed E-state index contributed by atoms with van der Waals surface area (Å²) in [6, 6.07) is 10.2. The van der Waals surface area contributed by atoms with E-state index in [9.17, 15) is 4.79 Å². The fraction of sp³-hybridized carbons (Fsp3) is 0.438. The Balaban J connectivity index is 1.70. The standard InChI is InChI=1S/C16H21N3OS/c1-2-3-12-15-18-19-16(21-15)17-14(20)11-7-10-13-8-5-4-6-9-13/h4-6,8-9H,2-3,7,10-12H2,1H3,(H,17,19,20). The maximum absolute atomic E-state index is 11.9. The number of aryl methyl sites for hydroxylation is 2. The second-order valence-corrected chi connectivity index (χ2v) is 6.05. The lowest BCUT2D eigenvalue weighted by atomic mass is 10.1. The van der Waals surface area contributed by atoms with E-state index in [0.29, 0.717) is 11.6 Å². The van der Waals surface area contributed by atoms with E-state index >= 15 is 0 Å². The van der Waals surface area contributed by atoms with Crippen LogP contribution < -0.4 is 5.32 Å². The number of hydrogen-bond acceptors (Lipinski definition) is 4. The van der Waals surface area contributed by atoms with E-state index in [1.807, 2.05) is 18.2 Å². The van der Waals surface area contributed by atoms with E-state index in [1.54, 1.807) is 0 Å². The molecule has 1 heterocycles. The first-order valence-electron chi connectivity index (χ1n) is 7.44. The number of rotatable bonds is 8. The Hall–Kier alpha value is -1.75. The largest absolute Gasteiger partial charge is 0.301 e. The molecule has 0 atom stereocenters. The number of carbonyl (C=O) groups excluding carboxylic acids is 1. The molecule has 2 aromatic rings. The number of carbonyl (C=O) groups is 1. The maximum atomic E-state index is 11.9. The average Bonchev–Trinajstić information content (AvgIpc) is 2.93. The summed E-state index contributed by atoms with van der Waals surface area (Å²) >= 11 is 1.48. The predicted octanol–water partition coefficient (Wildman–Crippen LogP) is 3.84. The Morgan fingerprint density at radius 1 is 1.14 bits per heavy atom. The third-order valence-electron chi connectivity index (χ3n) is 3.17. The average molecular weight is 303 g/mol.